The highest BCUT2D eigenvalue weighted by Crippen LogP contribution is 2.35. The molecular formula is C22H18N2O7. The minimum atomic E-state index is -0.712. The van der Waals surface area contributed by atoms with Crippen LogP contribution in [0.1, 0.15) is 22.8 Å². The van der Waals surface area contributed by atoms with E-state index in [9.17, 15) is 24.5 Å². The summed E-state index contributed by atoms with van der Waals surface area (Å²) in [5, 5.41) is 11.1. The van der Waals surface area contributed by atoms with Crippen LogP contribution in [0.15, 0.2) is 65.4 Å². The lowest BCUT2D eigenvalue weighted by atomic mass is 10.0. The van der Waals surface area contributed by atoms with Gasteiger partial charge in [0.2, 0.25) is 0 Å². The quantitative estimate of drug-likeness (QED) is 0.314. The first-order chi connectivity index (χ1) is 14.8. The second kappa shape index (κ2) is 8.62. The van der Waals surface area contributed by atoms with Crippen LogP contribution in [0.5, 0.6) is 0 Å². The van der Waals surface area contributed by atoms with E-state index in [-0.39, 0.29) is 16.8 Å². The molecule has 1 amide bonds. The molecule has 31 heavy (non-hydrogen) atoms. The van der Waals surface area contributed by atoms with Crippen molar-refractivity contribution in [1.82, 2.24) is 0 Å². The van der Waals surface area contributed by atoms with Gasteiger partial charge in [-0.2, -0.15) is 0 Å². The van der Waals surface area contributed by atoms with E-state index >= 15 is 0 Å². The largest absolute Gasteiger partial charge is 0.465 e. The Kier molecular flexibility index (Phi) is 5.96. The molecule has 1 aliphatic heterocycles. The molecule has 2 aromatic carbocycles. The third kappa shape index (κ3) is 4.06. The van der Waals surface area contributed by atoms with Crippen molar-refractivity contribution in [2.45, 2.75) is 6.92 Å². The normalized spacial score (nSPS) is 14.7. The lowest BCUT2D eigenvalue weighted by molar-refractivity contribution is -0.384. The van der Waals surface area contributed by atoms with E-state index in [1.165, 1.54) is 55.5 Å². The Morgan fingerprint density at radius 2 is 1.68 bits per heavy atom. The second-order valence-electron chi connectivity index (χ2n) is 6.54. The Morgan fingerprint density at radius 3 is 2.26 bits per heavy atom. The lowest BCUT2D eigenvalue weighted by Crippen LogP contribution is -2.24. The smallest absolute Gasteiger partial charge is 0.340 e. The number of hydrogen-bond acceptors (Lipinski definition) is 7. The third-order valence-corrected chi connectivity index (χ3v) is 4.73. The Bertz CT molecular complexity index is 1150. The predicted molar refractivity (Wildman–Crippen MR) is 111 cm³/mol. The molecule has 0 atom stereocenters. The van der Waals surface area contributed by atoms with Crippen LogP contribution in [0, 0.1) is 10.1 Å². The van der Waals surface area contributed by atoms with Gasteiger partial charge in [-0.05, 0) is 42.8 Å². The zero-order valence-corrected chi connectivity index (χ0v) is 16.9. The molecule has 0 radical (unpaired) electrons. The van der Waals surface area contributed by atoms with Crippen molar-refractivity contribution >= 4 is 35.3 Å². The molecule has 3 rings (SSSR count). The maximum atomic E-state index is 13.2. The highest BCUT2D eigenvalue weighted by atomic mass is 16.6. The van der Waals surface area contributed by atoms with Gasteiger partial charge in [-0.1, -0.05) is 12.1 Å². The molecule has 0 fully saturated rings. The molecule has 0 saturated heterocycles. The topological polar surface area (TPSA) is 116 Å². The van der Waals surface area contributed by atoms with Crippen LogP contribution in [0.4, 0.5) is 11.4 Å². The van der Waals surface area contributed by atoms with Crippen molar-refractivity contribution < 1.29 is 28.8 Å². The van der Waals surface area contributed by atoms with Gasteiger partial charge in [0.05, 0.1) is 35.9 Å². The average Bonchev–Trinajstić information content (AvgIpc) is 3.02. The summed E-state index contributed by atoms with van der Waals surface area (Å²) in [6.45, 7) is 1.59. The van der Waals surface area contributed by atoms with Gasteiger partial charge in [-0.25, -0.2) is 9.59 Å². The molecule has 2 aromatic rings. The first kappa shape index (κ1) is 21.4. The van der Waals surface area contributed by atoms with E-state index < -0.39 is 22.8 Å². The van der Waals surface area contributed by atoms with Crippen LogP contribution >= 0.6 is 0 Å². The number of esters is 2. The monoisotopic (exact) mass is 422 g/mol. The minimum absolute atomic E-state index is 0.0434. The van der Waals surface area contributed by atoms with Gasteiger partial charge in [0.15, 0.2) is 0 Å². The number of anilines is 1. The summed E-state index contributed by atoms with van der Waals surface area (Å²) >= 11 is 0. The van der Waals surface area contributed by atoms with Crippen molar-refractivity contribution in [2.75, 3.05) is 19.1 Å². The van der Waals surface area contributed by atoms with Crippen LogP contribution in [0.25, 0.3) is 6.08 Å². The Morgan fingerprint density at radius 1 is 1.03 bits per heavy atom. The maximum Gasteiger partial charge on any atom is 0.340 e. The van der Waals surface area contributed by atoms with Gasteiger partial charge in [0.25, 0.3) is 11.6 Å². The number of allylic oxidation sites excluding steroid dienone is 1. The summed E-state index contributed by atoms with van der Waals surface area (Å²) in [6, 6.07) is 11.8. The van der Waals surface area contributed by atoms with Gasteiger partial charge in [0, 0.05) is 23.5 Å². The van der Waals surface area contributed by atoms with E-state index in [0.717, 1.165) is 0 Å². The summed E-state index contributed by atoms with van der Waals surface area (Å²) in [5.41, 5.74) is 1.40. The number of nitrogens with zero attached hydrogens (tertiary/aromatic N) is 2. The number of nitro benzene ring substituents is 1. The Labute approximate surface area is 177 Å². The fourth-order valence-corrected chi connectivity index (χ4v) is 3.25. The fourth-order valence-electron chi connectivity index (χ4n) is 3.25. The molecule has 0 unspecified atom stereocenters. The number of ether oxygens (including phenoxy) is 2. The minimum Gasteiger partial charge on any atom is -0.465 e. The highest BCUT2D eigenvalue weighted by Gasteiger charge is 2.38. The number of carbonyl (C=O) groups is 3. The van der Waals surface area contributed by atoms with Crippen molar-refractivity contribution in [3.8, 4) is 0 Å². The highest BCUT2D eigenvalue weighted by molar-refractivity contribution is 6.23. The van der Waals surface area contributed by atoms with Gasteiger partial charge in [-0.15, -0.1) is 0 Å². The van der Waals surface area contributed by atoms with Crippen LogP contribution in [0.2, 0.25) is 0 Å². The molecule has 0 aliphatic carbocycles. The van der Waals surface area contributed by atoms with Crippen molar-refractivity contribution in [3.63, 3.8) is 0 Å². The summed E-state index contributed by atoms with van der Waals surface area (Å²) in [7, 11) is 2.46. The van der Waals surface area contributed by atoms with Crippen LogP contribution < -0.4 is 4.90 Å². The van der Waals surface area contributed by atoms with Crippen LogP contribution in [0.3, 0.4) is 0 Å². The Hall–Kier alpha value is -4.27. The molecule has 1 aliphatic rings. The van der Waals surface area contributed by atoms with E-state index in [4.69, 9.17) is 4.74 Å². The summed E-state index contributed by atoms with van der Waals surface area (Å²) in [6.07, 6.45) is 1.41. The number of hydrogen-bond donors (Lipinski definition) is 0. The summed E-state index contributed by atoms with van der Waals surface area (Å²) < 4.78 is 9.52. The van der Waals surface area contributed by atoms with Gasteiger partial charge in [-0.3, -0.25) is 19.8 Å². The fraction of sp³-hybridized carbons (Fsp3) is 0.136. The Balaban J connectivity index is 2.08. The summed E-state index contributed by atoms with van der Waals surface area (Å²) in [4.78, 5) is 49.1. The number of benzene rings is 2. The zero-order valence-electron chi connectivity index (χ0n) is 16.9. The van der Waals surface area contributed by atoms with Crippen molar-refractivity contribution in [1.29, 1.82) is 0 Å². The van der Waals surface area contributed by atoms with E-state index in [1.54, 1.807) is 25.1 Å². The van der Waals surface area contributed by atoms with Crippen LogP contribution in [-0.4, -0.2) is 37.0 Å². The molecule has 0 bridgehead atoms. The molecule has 0 N–H and O–H groups in total. The average molecular weight is 422 g/mol. The van der Waals surface area contributed by atoms with Crippen LogP contribution in [-0.2, 0) is 19.1 Å². The predicted octanol–water partition coefficient (Wildman–Crippen LogP) is 3.26. The van der Waals surface area contributed by atoms with Crippen molar-refractivity contribution in [2.24, 2.45) is 0 Å². The van der Waals surface area contributed by atoms with E-state index in [1.807, 2.05) is 0 Å². The van der Waals surface area contributed by atoms with Gasteiger partial charge in [0.1, 0.15) is 0 Å². The first-order valence-electron chi connectivity index (χ1n) is 9.07. The van der Waals surface area contributed by atoms with Gasteiger partial charge < -0.3 is 9.47 Å². The SMILES string of the molecule is COC(=O)C1=C(C)N(c2ccc(C(=O)OC)cc2)C(=O)/C1=C\c1cccc([N+](=O)[O-])c1. The molecule has 0 saturated carbocycles. The molecule has 0 aromatic heterocycles. The number of rotatable bonds is 5. The number of non-ortho nitro benzene ring substituents is 1. The molecular weight excluding hydrogens is 404 g/mol. The zero-order chi connectivity index (χ0) is 22.7. The third-order valence-electron chi connectivity index (χ3n) is 4.73. The molecule has 0 spiro atoms. The molecule has 9 nitrogen and oxygen atoms in total. The first-order valence-corrected chi connectivity index (χ1v) is 9.07. The van der Waals surface area contributed by atoms with E-state index in [0.29, 0.717) is 22.5 Å². The standard InChI is InChI=1S/C22H18N2O7/c1-13-19(22(27)31-3)18(12-14-5-4-6-17(11-14)24(28)29)20(25)23(13)16-9-7-15(8-10-16)21(26)30-2/h4-12H,1-3H3/b18-12-. The second-order valence-corrected chi connectivity index (χ2v) is 6.54. The maximum absolute atomic E-state index is 13.2. The number of nitro groups is 1. The molecule has 1 heterocycles. The van der Waals surface area contributed by atoms with Gasteiger partial charge >= 0.3 is 11.9 Å². The molecule has 158 valence electrons. The number of amides is 1. The van der Waals surface area contributed by atoms with Crippen molar-refractivity contribution in [3.05, 3.63) is 86.6 Å². The summed E-state index contributed by atoms with van der Waals surface area (Å²) in [5.74, 6) is -1.74. The molecule has 9 heteroatoms. The lowest BCUT2D eigenvalue weighted by Gasteiger charge is -2.18. The van der Waals surface area contributed by atoms with E-state index in [2.05, 4.69) is 4.74 Å². The number of methoxy groups -OCH3 is 2. The number of carbonyl (C=O) groups excluding carboxylic acids is 3.